The van der Waals surface area contributed by atoms with Crippen molar-refractivity contribution >= 4 is 0 Å². The third kappa shape index (κ3) is 2.22. The Kier molecular flexibility index (Phi) is 2.75. The van der Waals surface area contributed by atoms with Gasteiger partial charge in [-0.3, -0.25) is 4.98 Å². The SMILES string of the molecule is Oc1ccccc1-c1ncccc1C(F)(F)F. The highest BCUT2D eigenvalue weighted by Crippen LogP contribution is 2.38. The summed E-state index contributed by atoms with van der Waals surface area (Å²) < 4.78 is 38.2. The molecule has 0 aliphatic carbocycles. The average Bonchev–Trinajstić information content (AvgIpc) is 2.28. The van der Waals surface area contributed by atoms with Crippen molar-refractivity contribution in [3.63, 3.8) is 0 Å². The number of hydrogen-bond acceptors (Lipinski definition) is 2. The Labute approximate surface area is 95.4 Å². The molecule has 0 bridgehead atoms. The summed E-state index contributed by atoms with van der Waals surface area (Å²) in [5, 5.41) is 9.55. The number of para-hydroxylation sites is 1. The van der Waals surface area contributed by atoms with Crippen molar-refractivity contribution < 1.29 is 18.3 Å². The molecule has 0 atom stereocenters. The van der Waals surface area contributed by atoms with E-state index in [-0.39, 0.29) is 17.0 Å². The van der Waals surface area contributed by atoms with Gasteiger partial charge in [0.2, 0.25) is 0 Å². The van der Waals surface area contributed by atoms with Crippen molar-refractivity contribution in [1.29, 1.82) is 0 Å². The van der Waals surface area contributed by atoms with Crippen LogP contribution in [0.3, 0.4) is 0 Å². The maximum absolute atomic E-state index is 12.7. The summed E-state index contributed by atoms with van der Waals surface area (Å²) in [4.78, 5) is 3.70. The normalized spacial score (nSPS) is 11.5. The second-order valence-corrected chi connectivity index (χ2v) is 3.41. The summed E-state index contributed by atoms with van der Waals surface area (Å²) in [6.07, 6.45) is -3.23. The van der Waals surface area contributed by atoms with Gasteiger partial charge in [-0.1, -0.05) is 12.1 Å². The van der Waals surface area contributed by atoms with Crippen molar-refractivity contribution in [3.05, 3.63) is 48.2 Å². The summed E-state index contributed by atoms with van der Waals surface area (Å²) in [6.45, 7) is 0. The van der Waals surface area contributed by atoms with Crippen molar-refractivity contribution in [2.24, 2.45) is 0 Å². The van der Waals surface area contributed by atoms with Gasteiger partial charge in [0.15, 0.2) is 0 Å². The molecule has 0 fully saturated rings. The summed E-state index contributed by atoms with van der Waals surface area (Å²) >= 11 is 0. The van der Waals surface area contributed by atoms with Gasteiger partial charge in [0.25, 0.3) is 0 Å². The van der Waals surface area contributed by atoms with Crippen LogP contribution in [0.5, 0.6) is 5.75 Å². The second-order valence-electron chi connectivity index (χ2n) is 3.41. The van der Waals surface area contributed by atoms with E-state index in [1.54, 1.807) is 6.07 Å². The van der Waals surface area contributed by atoms with E-state index in [4.69, 9.17) is 0 Å². The summed E-state index contributed by atoms with van der Waals surface area (Å²) in [7, 11) is 0. The van der Waals surface area contributed by atoms with Gasteiger partial charge in [0.1, 0.15) is 5.75 Å². The van der Waals surface area contributed by atoms with Gasteiger partial charge in [0.05, 0.1) is 11.3 Å². The Hall–Kier alpha value is -2.04. The largest absolute Gasteiger partial charge is 0.507 e. The maximum atomic E-state index is 12.7. The molecule has 0 aliphatic heterocycles. The van der Waals surface area contributed by atoms with E-state index in [0.717, 1.165) is 6.07 Å². The van der Waals surface area contributed by atoms with Crippen LogP contribution in [-0.4, -0.2) is 10.1 Å². The fraction of sp³-hybridized carbons (Fsp3) is 0.0833. The van der Waals surface area contributed by atoms with Crippen molar-refractivity contribution in [2.45, 2.75) is 6.18 Å². The highest BCUT2D eigenvalue weighted by atomic mass is 19.4. The maximum Gasteiger partial charge on any atom is 0.418 e. The fourth-order valence-corrected chi connectivity index (χ4v) is 1.52. The molecule has 0 spiro atoms. The molecule has 2 aromatic rings. The van der Waals surface area contributed by atoms with E-state index < -0.39 is 11.7 Å². The zero-order valence-electron chi connectivity index (χ0n) is 8.57. The first-order valence-corrected chi connectivity index (χ1v) is 4.81. The van der Waals surface area contributed by atoms with Crippen LogP contribution in [0.15, 0.2) is 42.6 Å². The molecule has 88 valence electrons. The van der Waals surface area contributed by atoms with Gasteiger partial charge in [-0.2, -0.15) is 13.2 Å². The number of phenols is 1. The monoisotopic (exact) mass is 239 g/mol. The van der Waals surface area contributed by atoms with E-state index in [1.807, 2.05) is 0 Å². The Bertz CT molecular complexity index is 537. The molecule has 0 saturated carbocycles. The molecule has 0 saturated heterocycles. The van der Waals surface area contributed by atoms with Crippen molar-refractivity contribution in [3.8, 4) is 17.0 Å². The molecule has 5 heteroatoms. The first-order valence-electron chi connectivity index (χ1n) is 4.81. The van der Waals surface area contributed by atoms with E-state index in [9.17, 15) is 18.3 Å². The van der Waals surface area contributed by atoms with Crippen LogP contribution in [0, 0.1) is 0 Å². The predicted molar refractivity (Wildman–Crippen MR) is 56.3 cm³/mol. The van der Waals surface area contributed by atoms with E-state index in [1.165, 1.54) is 30.5 Å². The molecule has 1 N–H and O–H groups in total. The number of halogens is 3. The summed E-state index contributed by atoms with van der Waals surface area (Å²) in [5.74, 6) is -0.225. The summed E-state index contributed by atoms with van der Waals surface area (Å²) in [5.41, 5.74) is -1.06. The third-order valence-corrected chi connectivity index (χ3v) is 2.27. The van der Waals surface area contributed by atoms with Crippen molar-refractivity contribution in [1.82, 2.24) is 4.98 Å². The molecule has 17 heavy (non-hydrogen) atoms. The number of rotatable bonds is 1. The summed E-state index contributed by atoms with van der Waals surface area (Å²) in [6, 6.07) is 7.96. The number of hydrogen-bond donors (Lipinski definition) is 1. The molecule has 0 unspecified atom stereocenters. The molecule has 2 nitrogen and oxygen atoms in total. The zero-order chi connectivity index (χ0) is 12.5. The topological polar surface area (TPSA) is 33.1 Å². The highest BCUT2D eigenvalue weighted by molar-refractivity contribution is 5.69. The van der Waals surface area contributed by atoms with Crippen LogP contribution in [0.25, 0.3) is 11.3 Å². The fourth-order valence-electron chi connectivity index (χ4n) is 1.52. The number of nitrogens with zero attached hydrogens (tertiary/aromatic N) is 1. The zero-order valence-corrected chi connectivity index (χ0v) is 8.57. The lowest BCUT2D eigenvalue weighted by molar-refractivity contribution is -0.137. The lowest BCUT2D eigenvalue weighted by atomic mass is 10.0. The van der Waals surface area contributed by atoms with E-state index in [0.29, 0.717) is 0 Å². The molecule has 1 aromatic carbocycles. The molecule has 1 aromatic heterocycles. The van der Waals surface area contributed by atoms with Gasteiger partial charge < -0.3 is 5.11 Å². The first-order chi connectivity index (χ1) is 8.00. The predicted octanol–water partition coefficient (Wildman–Crippen LogP) is 3.47. The average molecular weight is 239 g/mol. The third-order valence-electron chi connectivity index (χ3n) is 2.27. The number of pyridine rings is 1. The minimum Gasteiger partial charge on any atom is -0.507 e. The number of aromatic nitrogens is 1. The molecule has 1 heterocycles. The Balaban J connectivity index is 2.65. The Morgan fingerprint density at radius 3 is 2.35 bits per heavy atom. The number of benzene rings is 1. The standard InChI is InChI=1S/C12H8F3NO/c13-12(14,15)9-5-3-7-16-11(9)8-4-1-2-6-10(8)17/h1-7,17H. The van der Waals surface area contributed by atoms with E-state index in [2.05, 4.69) is 4.98 Å². The van der Waals surface area contributed by atoms with Gasteiger partial charge in [0, 0.05) is 11.8 Å². The number of aromatic hydroxyl groups is 1. The van der Waals surface area contributed by atoms with Crippen LogP contribution < -0.4 is 0 Å². The molecule has 0 aliphatic rings. The molecular formula is C12H8F3NO. The van der Waals surface area contributed by atoms with Gasteiger partial charge in [-0.15, -0.1) is 0 Å². The van der Waals surface area contributed by atoms with Gasteiger partial charge in [-0.05, 0) is 24.3 Å². The minimum absolute atomic E-state index is 0.0698. The van der Waals surface area contributed by atoms with Crippen LogP contribution in [0.4, 0.5) is 13.2 Å². The smallest absolute Gasteiger partial charge is 0.418 e. The second kappa shape index (κ2) is 4.08. The highest BCUT2D eigenvalue weighted by Gasteiger charge is 2.34. The van der Waals surface area contributed by atoms with Crippen LogP contribution in [-0.2, 0) is 6.18 Å². The van der Waals surface area contributed by atoms with Crippen LogP contribution >= 0.6 is 0 Å². The van der Waals surface area contributed by atoms with Crippen LogP contribution in [0.2, 0.25) is 0 Å². The lowest BCUT2D eigenvalue weighted by Gasteiger charge is -2.12. The van der Waals surface area contributed by atoms with Gasteiger partial charge >= 0.3 is 6.18 Å². The number of phenolic OH excluding ortho intramolecular Hbond substituents is 1. The molecule has 2 rings (SSSR count). The Morgan fingerprint density at radius 2 is 1.71 bits per heavy atom. The van der Waals surface area contributed by atoms with Crippen molar-refractivity contribution in [2.75, 3.05) is 0 Å². The Morgan fingerprint density at radius 1 is 1.00 bits per heavy atom. The van der Waals surface area contributed by atoms with E-state index >= 15 is 0 Å². The van der Waals surface area contributed by atoms with Gasteiger partial charge in [-0.25, -0.2) is 0 Å². The quantitative estimate of drug-likeness (QED) is 0.826. The number of alkyl halides is 3. The lowest BCUT2D eigenvalue weighted by Crippen LogP contribution is -2.08. The van der Waals surface area contributed by atoms with Crippen LogP contribution in [0.1, 0.15) is 5.56 Å². The minimum atomic E-state index is -4.49. The first kappa shape index (κ1) is 11.4. The molecule has 0 radical (unpaired) electrons. The molecular weight excluding hydrogens is 231 g/mol. The molecule has 0 amide bonds.